The van der Waals surface area contributed by atoms with E-state index in [1.54, 1.807) is 0 Å². The van der Waals surface area contributed by atoms with E-state index in [2.05, 4.69) is 22.8 Å². The number of amides is 1. The summed E-state index contributed by atoms with van der Waals surface area (Å²) in [5.41, 5.74) is 3.14. The van der Waals surface area contributed by atoms with E-state index in [1.165, 1.54) is 5.56 Å². The van der Waals surface area contributed by atoms with E-state index in [0.717, 1.165) is 23.4 Å². The third-order valence-electron chi connectivity index (χ3n) is 4.33. The second-order valence-electron chi connectivity index (χ2n) is 6.60. The summed E-state index contributed by atoms with van der Waals surface area (Å²) in [6.07, 6.45) is 1.91. The maximum absolute atomic E-state index is 12.1. The van der Waals surface area contributed by atoms with Crippen LogP contribution < -0.4 is 15.4 Å². The normalized spacial score (nSPS) is 10.2. The van der Waals surface area contributed by atoms with Crippen molar-refractivity contribution in [3.8, 4) is 5.75 Å². The Morgan fingerprint density at radius 3 is 2.17 bits per heavy atom. The van der Waals surface area contributed by atoms with Crippen LogP contribution in [-0.4, -0.2) is 17.6 Å². The number of carbonyl (C=O) groups is 1. The molecule has 3 aromatic rings. The van der Waals surface area contributed by atoms with Crippen LogP contribution in [0, 0.1) is 0 Å². The summed E-state index contributed by atoms with van der Waals surface area (Å²) >= 11 is 5.25. The first-order valence-electron chi connectivity index (χ1n) is 9.60. The van der Waals surface area contributed by atoms with Crippen molar-refractivity contribution in [3.05, 3.63) is 96.1 Å². The molecule has 5 heteroatoms. The first-order chi connectivity index (χ1) is 14.2. The Morgan fingerprint density at radius 2 is 1.48 bits per heavy atom. The van der Waals surface area contributed by atoms with Crippen molar-refractivity contribution in [2.75, 3.05) is 11.9 Å². The Morgan fingerprint density at radius 1 is 0.828 bits per heavy atom. The SMILES string of the molecule is O=C(CCc1ccccc1)NC(=S)Nc1cccc(OCCc2ccccc2)c1. The predicted molar refractivity (Wildman–Crippen MR) is 121 cm³/mol. The topological polar surface area (TPSA) is 50.4 Å². The average Bonchev–Trinajstić information content (AvgIpc) is 2.74. The van der Waals surface area contributed by atoms with Gasteiger partial charge in [-0.1, -0.05) is 66.7 Å². The molecule has 0 aliphatic carbocycles. The number of hydrogen-bond donors (Lipinski definition) is 2. The molecule has 0 unspecified atom stereocenters. The molecule has 0 spiro atoms. The molecular formula is C24H24N2O2S. The van der Waals surface area contributed by atoms with Gasteiger partial charge in [0.05, 0.1) is 6.61 Å². The fourth-order valence-corrected chi connectivity index (χ4v) is 3.08. The number of rotatable bonds is 8. The lowest BCUT2D eigenvalue weighted by Gasteiger charge is -2.11. The van der Waals surface area contributed by atoms with Crippen LogP contribution >= 0.6 is 12.2 Å². The molecular weight excluding hydrogens is 380 g/mol. The van der Waals surface area contributed by atoms with Gasteiger partial charge in [0.15, 0.2) is 5.11 Å². The number of aryl methyl sites for hydroxylation is 1. The Hall–Kier alpha value is -3.18. The van der Waals surface area contributed by atoms with Gasteiger partial charge < -0.3 is 15.4 Å². The molecule has 29 heavy (non-hydrogen) atoms. The molecule has 0 aliphatic heterocycles. The van der Waals surface area contributed by atoms with Gasteiger partial charge in [-0.2, -0.15) is 0 Å². The fraction of sp³-hybridized carbons (Fsp3) is 0.167. The van der Waals surface area contributed by atoms with Gasteiger partial charge in [0.25, 0.3) is 0 Å². The highest BCUT2D eigenvalue weighted by Crippen LogP contribution is 2.17. The molecule has 0 saturated carbocycles. The first kappa shape index (κ1) is 20.6. The zero-order chi connectivity index (χ0) is 20.3. The van der Waals surface area contributed by atoms with Crippen LogP contribution in [0.25, 0.3) is 0 Å². The molecule has 2 N–H and O–H groups in total. The van der Waals surface area contributed by atoms with E-state index in [1.807, 2.05) is 72.8 Å². The fourth-order valence-electron chi connectivity index (χ4n) is 2.85. The summed E-state index contributed by atoms with van der Waals surface area (Å²) < 4.78 is 5.83. The van der Waals surface area contributed by atoms with Crippen LogP contribution in [0.15, 0.2) is 84.9 Å². The molecule has 0 bridgehead atoms. The average molecular weight is 405 g/mol. The Labute approximate surface area is 176 Å². The number of anilines is 1. The van der Waals surface area contributed by atoms with E-state index in [-0.39, 0.29) is 11.0 Å². The molecule has 1 amide bonds. The van der Waals surface area contributed by atoms with Gasteiger partial charge >= 0.3 is 0 Å². The molecule has 0 heterocycles. The van der Waals surface area contributed by atoms with E-state index in [9.17, 15) is 4.79 Å². The molecule has 0 fully saturated rings. The largest absolute Gasteiger partial charge is 0.493 e. The van der Waals surface area contributed by atoms with E-state index >= 15 is 0 Å². The van der Waals surface area contributed by atoms with E-state index in [4.69, 9.17) is 17.0 Å². The lowest BCUT2D eigenvalue weighted by molar-refractivity contribution is -0.119. The van der Waals surface area contributed by atoms with Crippen LogP contribution in [-0.2, 0) is 17.6 Å². The molecule has 0 saturated heterocycles. The maximum Gasteiger partial charge on any atom is 0.226 e. The molecule has 148 valence electrons. The zero-order valence-corrected chi connectivity index (χ0v) is 17.0. The van der Waals surface area contributed by atoms with Crippen molar-refractivity contribution < 1.29 is 9.53 Å². The van der Waals surface area contributed by atoms with Crippen molar-refractivity contribution in [2.24, 2.45) is 0 Å². The number of ether oxygens (including phenoxy) is 1. The summed E-state index contributed by atoms with van der Waals surface area (Å²) in [6.45, 7) is 0.591. The second kappa shape index (κ2) is 11.0. The van der Waals surface area contributed by atoms with Gasteiger partial charge in [-0.25, -0.2) is 0 Å². The van der Waals surface area contributed by atoms with Crippen molar-refractivity contribution >= 4 is 28.9 Å². The summed E-state index contributed by atoms with van der Waals surface area (Å²) in [5.74, 6) is 0.644. The number of nitrogens with one attached hydrogen (secondary N) is 2. The van der Waals surface area contributed by atoms with Crippen molar-refractivity contribution in [1.29, 1.82) is 0 Å². The van der Waals surface area contributed by atoms with Gasteiger partial charge in [0, 0.05) is 24.6 Å². The highest BCUT2D eigenvalue weighted by atomic mass is 32.1. The Bertz CT molecular complexity index is 930. The summed E-state index contributed by atoms with van der Waals surface area (Å²) in [4.78, 5) is 12.1. The summed E-state index contributed by atoms with van der Waals surface area (Å²) in [6, 6.07) is 27.7. The van der Waals surface area contributed by atoms with Crippen LogP contribution in [0.1, 0.15) is 17.5 Å². The first-order valence-corrected chi connectivity index (χ1v) is 10.0. The molecule has 4 nitrogen and oxygen atoms in total. The molecule has 3 rings (SSSR count). The van der Waals surface area contributed by atoms with E-state index < -0.39 is 0 Å². The monoisotopic (exact) mass is 404 g/mol. The number of carbonyl (C=O) groups excluding carboxylic acids is 1. The van der Waals surface area contributed by atoms with Gasteiger partial charge in [-0.3, -0.25) is 4.79 Å². The van der Waals surface area contributed by atoms with Crippen molar-refractivity contribution in [2.45, 2.75) is 19.3 Å². The molecule has 0 aliphatic rings. The zero-order valence-electron chi connectivity index (χ0n) is 16.1. The van der Waals surface area contributed by atoms with Crippen LogP contribution in [0.3, 0.4) is 0 Å². The minimum atomic E-state index is -0.110. The van der Waals surface area contributed by atoms with Gasteiger partial charge in [-0.15, -0.1) is 0 Å². The lowest BCUT2D eigenvalue weighted by Crippen LogP contribution is -2.34. The number of thiocarbonyl (C=S) groups is 1. The molecule has 0 atom stereocenters. The third kappa shape index (κ3) is 7.39. The van der Waals surface area contributed by atoms with E-state index in [0.29, 0.717) is 19.4 Å². The quantitative estimate of drug-likeness (QED) is 0.532. The maximum atomic E-state index is 12.1. The minimum Gasteiger partial charge on any atom is -0.493 e. The highest BCUT2D eigenvalue weighted by molar-refractivity contribution is 7.80. The van der Waals surface area contributed by atoms with Gasteiger partial charge in [0.2, 0.25) is 5.91 Å². The van der Waals surface area contributed by atoms with Crippen molar-refractivity contribution in [1.82, 2.24) is 5.32 Å². The lowest BCUT2D eigenvalue weighted by atomic mass is 10.1. The minimum absolute atomic E-state index is 0.110. The Balaban J connectivity index is 1.42. The van der Waals surface area contributed by atoms with Crippen LogP contribution in [0.4, 0.5) is 5.69 Å². The third-order valence-corrected chi connectivity index (χ3v) is 4.53. The van der Waals surface area contributed by atoms with Crippen molar-refractivity contribution in [3.63, 3.8) is 0 Å². The smallest absolute Gasteiger partial charge is 0.226 e. The summed E-state index contributed by atoms with van der Waals surface area (Å²) in [7, 11) is 0. The second-order valence-corrected chi connectivity index (χ2v) is 7.01. The van der Waals surface area contributed by atoms with Crippen LogP contribution in [0.5, 0.6) is 5.75 Å². The number of hydrogen-bond acceptors (Lipinski definition) is 3. The van der Waals surface area contributed by atoms with Gasteiger partial charge in [0.1, 0.15) is 5.75 Å². The molecule has 0 radical (unpaired) electrons. The molecule has 0 aromatic heterocycles. The highest BCUT2D eigenvalue weighted by Gasteiger charge is 2.06. The van der Waals surface area contributed by atoms with Gasteiger partial charge in [-0.05, 0) is 41.9 Å². The summed E-state index contributed by atoms with van der Waals surface area (Å²) in [5, 5.41) is 6.04. The molecule has 3 aromatic carbocycles. The Kier molecular flexibility index (Phi) is 7.78. The standard InChI is InChI=1S/C24H24N2O2S/c27-23(15-14-19-8-3-1-4-9-19)26-24(29)25-21-12-7-13-22(18-21)28-17-16-20-10-5-2-6-11-20/h1-13,18H,14-17H2,(H2,25,26,27,29). The predicted octanol–water partition coefficient (Wildman–Crippen LogP) is 4.75. The number of benzene rings is 3. The van der Waals surface area contributed by atoms with Crippen LogP contribution in [0.2, 0.25) is 0 Å².